The Balaban J connectivity index is 2.61. The van der Waals surface area contributed by atoms with Crippen LogP contribution in [-0.2, 0) is 24.0 Å². The van der Waals surface area contributed by atoms with E-state index in [1.165, 1.54) is 0 Å². The first-order valence-corrected chi connectivity index (χ1v) is 10.8. The summed E-state index contributed by atoms with van der Waals surface area (Å²) in [6, 6.07) is -0.662. The van der Waals surface area contributed by atoms with Gasteiger partial charge in [-0.1, -0.05) is 41.5 Å². The van der Waals surface area contributed by atoms with Gasteiger partial charge in [-0.05, 0) is 31.2 Å². The first-order valence-electron chi connectivity index (χ1n) is 10.8. The molecule has 1 aliphatic rings. The number of ketones is 1. The van der Waals surface area contributed by atoms with Crippen molar-refractivity contribution in [2.75, 3.05) is 19.6 Å². The molecule has 0 radical (unpaired) electrons. The van der Waals surface area contributed by atoms with Gasteiger partial charge in [-0.2, -0.15) is 0 Å². The lowest BCUT2D eigenvalue weighted by molar-refractivity contribution is -0.144. The summed E-state index contributed by atoms with van der Waals surface area (Å²) in [6.45, 7) is 10.7. The van der Waals surface area contributed by atoms with Crippen LogP contribution in [0.25, 0.3) is 0 Å². The second-order valence-electron chi connectivity index (χ2n) is 10.2. The van der Waals surface area contributed by atoms with E-state index in [1.54, 1.807) is 20.8 Å². The number of Topliss-reactive ketones (excluding diaryl/α,β-unsaturated/α-hetero) is 1. The first-order chi connectivity index (χ1) is 14.2. The number of nitrogens with two attached hydrogens (primary N) is 1. The highest BCUT2D eigenvalue weighted by Crippen LogP contribution is 2.35. The Morgan fingerprint density at radius 3 is 2.16 bits per heavy atom. The number of hydrogen-bond acceptors (Lipinski definition) is 6. The zero-order valence-electron chi connectivity index (χ0n) is 19.7. The average molecular weight is 439 g/mol. The molecule has 9 nitrogen and oxygen atoms in total. The number of nitrogens with one attached hydrogen (secondary N) is 2. The van der Waals surface area contributed by atoms with Crippen LogP contribution in [0, 0.1) is 16.7 Å². The van der Waals surface area contributed by atoms with Gasteiger partial charge in [0.2, 0.25) is 23.6 Å². The molecule has 1 aliphatic heterocycles. The molecule has 9 heteroatoms. The highest BCUT2D eigenvalue weighted by molar-refractivity contribution is 6.06. The molecule has 31 heavy (non-hydrogen) atoms. The van der Waals surface area contributed by atoms with Crippen molar-refractivity contribution in [2.24, 2.45) is 22.5 Å². The largest absolute Gasteiger partial charge is 0.345 e. The Hall–Kier alpha value is -2.29. The summed E-state index contributed by atoms with van der Waals surface area (Å²) in [6.07, 6.45) is 1.99. The van der Waals surface area contributed by atoms with Gasteiger partial charge in [-0.15, -0.1) is 0 Å². The Labute approximate surface area is 184 Å². The molecular formula is C22H38N4O5. The molecule has 176 valence electrons. The quantitative estimate of drug-likeness (QED) is 0.340. The maximum absolute atomic E-state index is 12.6. The smallest absolute Gasteiger partial charge is 0.240 e. The molecule has 1 saturated heterocycles. The van der Waals surface area contributed by atoms with E-state index in [1.807, 2.05) is 20.8 Å². The van der Waals surface area contributed by atoms with Gasteiger partial charge in [0, 0.05) is 11.8 Å². The fourth-order valence-electron chi connectivity index (χ4n) is 3.43. The van der Waals surface area contributed by atoms with E-state index in [9.17, 15) is 24.0 Å². The van der Waals surface area contributed by atoms with Crippen molar-refractivity contribution in [3.05, 3.63) is 0 Å². The zero-order valence-corrected chi connectivity index (χ0v) is 19.7. The summed E-state index contributed by atoms with van der Waals surface area (Å²) in [5.74, 6) is -2.42. The Kier molecular flexibility index (Phi) is 9.35. The molecule has 0 saturated carbocycles. The van der Waals surface area contributed by atoms with Gasteiger partial charge in [0.1, 0.15) is 6.54 Å². The number of imide groups is 1. The molecule has 4 amide bonds. The van der Waals surface area contributed by atoms with E-state index in [4.69, 9.17) is 5.73 Å². The highest BCUT2D eigenvalue weighted by Gasteiger charge is 2.45. The van der Waals surface area contributed by atoms with E-state index in [-0.39, 0.29) is 36.0 Å². The van der Waals surface area contributed by atoms with E-state index in [0.29, 0.717) is 19.4 Å². The van der Waals surface area contributed by atoms with Crippen molar-refractivity contribution in [1.29, 1.82) is 0 Å². The molecule has 2 atom stereocenters. The third kappa shape index (κ3) is 8.05. The Morgan fingerprint density at radius 2 is 1.68 bits per heavy atom. The van der Waals surface area contributed by atoms with Gasteiger partial charge in [-0.3, -0.25) is 28.9 Å². The average Bonchev–Trinajstić information content (AvgIpc) is 2.92. The van der Waals surface area contributed by atoms with Gasteiger partial charge in [0.15, 0.2) is 5.78 Å². The summed E-state index contributed by atoms with van der Waals surface area (Å²) in [4.78, 5) is 62.8. The maximum Gasteiger partial charge on any atom is 0.240 e. The van der Waals surface area contributed by atoms with Crippen molar-refractivity contribution in [1.82, 2.24) is 15.5 Å². The summed E-state index contributed by atoms with van der Waals surface area (Å²) in [5.41, 5.74) is 4.51. The molecule has 0 aromatic heterocycles. The van der Waals surface area contributed by atoms with E-state index < -0.39 is 35.7 Å². The van der Waals surface area contributed by atoms with Crippen LogP contribution in [0.1, 0.15) is 67.2 Å². The van der Waals surface area contributed by atoms with E-state index in [0.717, 1.165) is 11.3 Å². The summed E-state index contributed by atoms with van der Waals surface area (Å²) in [5, 5.41) is 5.11. The summed E-state index contributed by atoms with van der Waals surface area (Å²) < 4.78 is 0. The number of likely N-dealkylation sites (tertiary alicyclic amines) is 1. The Bertz CT molecular complexity index is 706. The number of carbonyl (C=O) groups is 5. The topological polar surface area (TPSA) is 139 Å². The molecule has 0 aromatic carbocycles. The van der Waals surface area contributed by atoms with Crippen LogP contribution in [0.15, 0.2) is 0 Å². The number of nitrogens with zero attached hydrogens (tertiary/aromatic N) is 1. The predicted octanol–water partition coefficient (Wildman–Crippen LogP) is 0.753. The third-order valence-electron chi connectivity index (χ3n) is 5.37. The lowest BCUT2D eigenvalue weighted by Crippen LogP contribution is -2.49. The number of hydrogen-bond donors (Lipinski definition) is 3. The minimum absolute atomic E-state index is 0.0789. The number of unbranched alkanes of at least 4 members (excludes halogenated alkanes) is 1. The lowest BCUT2D eigenvalue weighted by atomic mass is 9.80. The summed E-state index contributed by atoms with van der Waals surface area (Å²) >= 11 is 0. The molecule has 1 rings (SSSR count). The lowest BCUT2D eigenvalue weighted by Gasteiger charge is -2.26. The zero-order chi connectivity index (χ0) is 24.0. The number of amides is 4. The molecule has 1 unspecified atom stereocenters. The second-order valence-corrected chi connectivity index (χ2v) is 10.2. The molecule has 0 aliphatic carbocycles. The minimum atomic E-state index is -0.662. The standard InChI is InChI=1S/C22H38N4O5/c1-21(2,3)14-11-18(29)26(20(14)31)13-17(28)24-12-16(27)25-15(9-7-8-10-23)19(30)22(4,5)6/h14-15H,7-13,23H2,1-6H3,(H,24,28)(H,25,27)/t14?,15-/m0/s1. The van der Waals surface area contributed by atoms with Crippen molar-refractivity contribution in [3.8, 4) is 0 Å². The third-order valence-corrected chi connectivity index (χ3v) is 5.37. The van der Waals surface area contributed by atoms with Crippen molar-refractivity contribution < 1.29 is 24.0 Å². The van der Waals surface area contributed by atoms with Gasteiger partial charge >= 0.3 is 0 Å². The SMILES string of the molecule is CC(C)(C)C(=O)[C@H](CCCCN)NC(=O)CNC(=O)CN1C(=O)CC(C(C)(C)C)C1=O. The van der Waals surface area contributed by atoms with Crippen molar-refractivity contribution >= 4 is 29.4 Å². The summed E-state index contributed by atoms with van der Waals surface area (Å²) in [7, 11) is 0. The van der Waals surface area contributed by atoms with Gasteiger partial charge in [-0.25, -0.2) is 0 Å². The first kappa shape index (κ1) is 26.7. The van der Waals surface area contributed by atoms with Crippen LogP contribution in [0.3, 0.4) is 0 Å². The van der Waals surface area contributed by atoms with E-state index in [2.05, 4.69) is 10.6 Å². The van der Waals surface area contributed by atoms with Crippen LogP contribution in [0.4, 0.5) is 0 Å². The number of carbonyl (C=O) groups excluding carboxylic acids is 5. The number of rotatable bonds is 10. The highest BCUT2D eigenvalue weighted by atomic mass is 16.2. The van der Waals surface area contributed by atoms with Gasteiger partial charge in [0.05, 0.1) is 18.5 Å². The fraction of sp³-hybridized carbons (Fsp3) is 0.773. The molecule has 0 aromatic rings. The van der Waals surface area contributed by atoms with Crippen molar-refractivity contribution in [2.45, 2.75) is 73.3 Å². The predicted molar refractivity (Wildman–Crippen MR) is 117 cm³/mol. The minimum Gasteiger partial charge on any atom is -0.345 e. The second kappa shape index (κ2) is 10.8. The fourth-order valence-corrected chi connectivity index (χ4v) is 3.43. The Morgan fingerprint density at radius 1 is 1.06 bits per heavy atom. The van der Waals surface area contributed by atoms with Crippen molar-refractivity contribution in [3.63, 3.8) is 0 Å². The van der Waals surface area contributed by atoms with Crippen LogP contribution in [-0.4, -0.2) is 60.0 Å². The molecular weight excluding hydrogens is 400 g/mol. The van der Waals surface area contributed by atoms with Crippen LogP contribution < -0.4 is 16.4 Å². The van der Waals surface area contributed by atoms with Gasteiger partial charge in [0.25, 0.3) is 0 Å². The monoisotopic (exact) mass is 438 g/mol. The van der Waals surface area contributed by atoms with Crippen LogP contribution in [0.2, 0.25) is 0 Å². The molecule has 1 heterocycles. The van der Waals surface area contributed by atoms with Crippen LogP contribution in [0.5, 0.6) is 0 Å². The molecule has 1 fully saturated rings. The van der Waals surface area contributed by atoms with Gasteiger partial charge < -0.3 is 16.4 Å². The normalized spacial score (nSPS) is 18.2. The van der Waals surface area contributed by atoms with E-state index >= 15 is 0 Å². The molecule has 0 spiro atoms. The molecule has 0 bridgehead atoms. The van der Waals surface area contributed by atoms with Crippen LogP contribution >= 0.6 is 0 Å². The molecule has 4 N–H and O–H groups in total. The maximum atomic E-state index is 12.6.